The Balaban J connectivity index is 3.22. The minimum Gasteiger partial charge on any atom is -0.506 e. The zero-order valence-corrected chi connectivity index (χ0v) is 7.09. The van der Waals surface area contributed by atoms with Crippen LogP contribution in [0, 0.1) is 6.92 Å². The van der Waals surface area contributed by atoms with Crippen LogP contribution in [-0.4, -0.2) is 10.1 Å². The molecular weight excluding hydrogens is 178 g/mol. The SMILES string of the molecule is Cc1cc(O)c(CN)nc1C(F)F. The first-order chi connectivity index (χ1) is 6.06. The maximum atomic E-state index is 12.3. The number of nitrogens with zero attached hydrogens (tertiary/aromatic N) is 1. The Kier molecular flexibility index (Phi) is 2.77. The summed E-state index contributed by atoms with van der Waals surface area (Å²) in [7, 11) is 0. The summed E-state index contributed by atoms with van der Waals surface area (Å²) in [5.74, 6) is -0.135. The molecule has 0 aliphatic heterocycles. The first kappa shape index (κ1) is 9.85. The van der Waals surface area contributed by atoms with Gasteiger partial charge in [0.1, 0.15) is 11.4 Å². The standard InChI is InChI=1S/C8H10F2N2O/c1-4-2-6(13)5(3-11)12-7(4)8(9)10/h2,8,13H,3,11H2,1H3. The first-order valence-corrected chi connectivity index (χ1v) is 3.74. The molecule has 72 valence electrons. The van der Waals surface area contributed by atoms with Gasteiger partial charge in [-0.05, 0) is 18.6 Å². The lowest BCUT2D eigenvalue weighted by molar-refractivity contribution is 0.144. The zero-order valence-electron chi connectivity index (χ0n) is 7.09. The Morgan fingerprint density at radius 3 is 2.69 bits per heavy atom. The monoisotopic (exact) mass is 188 g/mol. The number of aromatic nitrogens is 1. The normalized spacial score (nSPS) is 10.8. The molecule has 0 unspecified atom stereocenters. The molecule has 1 aromatic heterocycles. The lowest BCUT2D eigenvalue weighted by Crippen LogP contribution is -2.04. The molecule has 1 heterocycles. The van der Waals surface area contributed by atoms with Crippen molar-refractivity contribution in [1.82, 2.24) is 4.98 Å². The zero-order chi connectivity index (χ0) is 10.0. The summed E-state index contributed by atoms with van der Waals surface area (Å²) in [6.45, 7) is 1.42. The summed E-state index contributed by atoms with van der Waals surface area (Å²) in [6, 6.07) is 1.25. The summed E-state index contributed by atoms with van der Waals surface area (Å²) in [5, 5.41) is 9.21. The van der Waals surface area contributed by atoms with Gasteiger partial charge in [-0.15, -0.1) is 0 Å². The van der Waals surface area contributed by atoms with Crippen LogP contribution < -0.4 is 5.73 Å². The molecule has 13 heavy (non-hydrogen) atoms. The molecule has 0 spiro atoms. The van der Waals surface area contributed by atoms with E-state index in [1.807, 2.05) is 0 Å². The quantitative estimate of drug-likeness (QED) is 0.739. The molecule has 0 aromatic carbocycles. The van der Waals surface area contributed by atoms with Gasteiger partial charge >= 0.3 is 0 Å². The fraction of sp³-hybridized carbons (Fsp3) is 0.375. The van der Waals surface area contributed by atoms with Gasteiger partial charge in [-0.25, -0.2) is 13.8 Å². The molecule has 0 fully saturated rings. The summed E-state index contributed by atoms with van der Waals surface area (Å²) < 4.78 is 24.6. The Bertz CT molecular complexity index is 315. The van der Waals surface area contributed by atoms with Crippen LogP contribution in [-0.2, 0) is 6.54 Å². The molecule has 3 N–H and O–H groups in total. The van der Waals surface area contributed by atoms with E-state index >= 15 is 0 Å². The molecule has 5 heteroatoms. The molecule has 1 rings (SSSR count). The molecule has 0 saturated heterocycles. The number of pyridine rings is 1. The minimum atomic E-state index is -2.63. The van der Waals surface area contributed by atoms with E-state index in [1.54, 1.807) is 0 Å². The number of alkyl halides is 2. The number of rotatable bonds is 2. The van der Waals surface area contributed by atoms with E-state index in [2.05, 4.69) is 4.98 Å². The molecule has 0 bridgehead atoms. The van der Waals surface area contributed by atoms with E-state index in [9.17, 15) is 13.9 Å². The van der Waals surface area contributed by atoms with Crippen LogP contribution in [0.15, 0.2) is 6.07 Å². The van der Waals surface area contributed by atoms with Gasteiger partial charge in [-0.2, -0.15) is 0 Å². The van der Waals surface area contributed by atoms with Crippen molar-refractivity contribution in [1.29, 1.82) is 0 Å². The Hall–Kier alpha value is -1.23. The lowest BCUT2D eigenvalue weighted by Gasteiger charge is -2.07. The third-order valence-corrected chi connectivity index (χ3v) is 1.71. The first-order valence-electron chi connectivity index (χ1n) is 3.74. The van der Waals surface area contributed by atoms with Crippen molar-refractivity contribution >= 4 is 0 Å². The van der Waals surface area contributed by atoms with E-state index in [1.165, 1.54) is 13.0 Å². The van der Waals surface area contributed by atoms with Crippen LogP contribution in [0.5, 0.6) is 5.75 Å². The molecule has 0 radical (unpaired) electrons. The molecule has 0 aliphatic rings. The highest BCUT2D eigenvalue weighted by Crippen LogP contribution is 2.25. The maximum absolute atomic E-state index is 12.3. The topological polar surface area (TPSA) is 59.1 Å². The number of halogens is 2. The Morgan fingerprint density at radius 1 is 1.62 bits per heavy atom. The van der Waals surface area contributed by atoms with Crippen molar-refractivity contribution in [3.63, 3.8) is 0 Å². The van der Waals surface area contributed by atoms with E-state index in [-0.39, 0.29) is 29.2 Å². The number of nitrogens with two attached hydrogens (primary N) is 1. The van der Waals surface area contributed by atoms with Crippen molar-refractivity contribution in [3.8, 4) is 5.75 Å². The predicted octanol–water partition coefficient (Wildman–Crippen LogP) is 1.49. The van der Waals surface area contributed by atoms with Crippen LogP contribution in [0.25, 0.3) is 0 Å². The van der Waals surface area contributed by atoms with Gasteiger partial charge in [0.25, 0.3) is 6.43 Å². The number of aryl methyl sites for hydroxylation is 1. The number of hydrogen-bond donors (Lipinski definition) is 2. The van der Waals surface area contributed by atoms with Crippen LogP contribution in [0.1, 0.15) is 23.4 Å². The highest BCUT2D eigenvalue weighted by molar-refractivity contribution is 5.34. The minimum absolute atomic E-state index is 0.0498. The summed E-state index contributed by atoms with van der Waals surface area (Å²) >= 11 is 0. The van der Waals surface area contributed by atoms with E-state index in [4.69, 9.17) is 5.73 Å². The van der Waals surface area contributed by atoms with E-state index in [0.717, 1.165) is 0 Å². The fourth-order valence-electron chi connectivity index (χ4n) is 1.02. The second kappa shape index (κ2) is 3.66. The van der Waals surface area contributed by atoms with Gasteiger partial charge in [0.2, 0.25) is 0 Å². The second-order valence-electron chi connectivity index (χ2n) is 2.66. The average Bonchev–Trinajstić information content (AvgIpc) is 2.03. The van der Waals surface area contributed by atoms with Crippen molar-refractivity contribution in [3.05, 3.63) is 23.0 Å². The molecule has 3 nitrogen and oxygen atoms in total. The van der Waals surface area contributed by atoms with Crippen molar-refractivity contribution in [2.45, 2.75) is 19.9 Å². The second-order valence-corrected chi connectivity index (χ2v) is 2.66. The van der Waals surface area contributed by atoms with Gasteiger partial charge in [-0.1, -0.05) is 0 Å². The van der Waals surface area contributed by atoms with Crippen LogP contribution in [0.4, 0.5) is 8.78 Å². The maximum Gasteiger partial charge on any atom is 0.280 e. The predicted molar refractivity (Wildman–Crippen MR) is 43.5 cm³/mol. The third-order valence-electron chi connectivity index (χ3n) is 1.71. The summed E-state index contributed by atoms with van der Waals surface area (Å²) in [5.41, 5.74) is 5.25. The average molecular weight is 188 g/mol. The lowest BCUT2D eigenvalue weighted by atomic mass is 10.2. The Morgan fingerprint density at radius 2 is 2.23 bits per heavy atom. The van der Waals surface area contributed by atoms with Gasteiger partial charge in [0.15, 0.2) is 0 Å². The highest BCUT2D eigenvalue weighted by atomic mass is 19.3. The van der Waals surface area contributed by atoms with Gasteiger partial charge in [-0.3, -0.25) is 0 Å². The molecule has 0 saturated carbocycles. The van der Waals surface area contributed by atoms with Gasteiger partial charge in [0.05, 0.1) is 5.69 Å². The van der Waals surface area contributed by atoms with E-state index in [0.29, 0.717) is 0 Å². The van der Waals surface area contributed by atoms with Crippen molar-refractivity contribution in [2.75, 3.05) is 0 Å². The molecule has 1 aromatic rings. The Labute approximate surface area is 74.2 Å². The largest absolute Gasteiger partial charge is 0.506 e. The van der Waals surface area contributed by atoms with Gasteiger partial charge in [0, 0.05) is 6.54 Å². The van der Waals surface area contributed by atoms with Crippen LogP contribution in [0.3, 0.4) is 0 Å². The van der Waals surface area contributed by atoms with Gasteiger partial charge < -0.3 is 10.8 Å². The van der Waals surface area contributed by atoms with Crippen LogP contribution >= 0.6 is 0 Å². The molecule has 0 atom stereocenters. The van der Waals surface area contributed by atoms with Crippen molar-refractivity contribution in [2.24, 2.45) is 5.73 Å². The third kappa shape index (κ3) is 1.92. The van der Waals surface area contributed by atoms with E-state index < -0.39 is 6.43 Å². The molecular formula is C8H10F2N2O. The summed E-state index contributed by atoms with van der Waals surface area (Å²) in [6.07, 6.45) is -2.63. The van der Waals surface area contributed by atoms with Crippen LogP contribution in [0.2, 0.25) is 0 Å². The number of aromatic hydroxyl groups is 1. The number of hydrogen-bond acceptors (Lipinski definition) is 3. The molecule has 0 amide bonds. The smallest absolute Gasteiger partial charge is 0.280 e. The highest BCUT2D eigenvalue weighted by Gasteiger charge is 2.15. The molecule has 0 aliphatic carbocycles. The summed E-state index contributed by atoms with van der Waals surface area (Å²) in [4.78, 5) is 3.56. The van der Waals surface area contributed by atoms with Crippen molar-refractivity contribution < 1.29 is 13.9 Å². The fourth-order valence-corrected chi connectivity index (χ4v) is 1.02.